The lowest BCUT2D eigenvalue weighted by Gasteiger charge is -2.33. The maximum atomic E-state index is 13.7. The van der Waals surface area contributed by atoms with Crippen LogP contribution in [0.2, 0.25) is 0 Å². The lowest BCUT2D eigenvalue weighted by Crippen LogP contribution is -2.58. The molecule has 3 unspecified atom stereocenters. The Bertz CT molecular complexity index is 1140. The molecule has 1 saturated heterocycles. The molecule has 0 aliphatic carbocycles. The Hall–Kier alpha value is -3.04. The number of hydrogen-bond donors (Lipinski definition) is 4. The molecule has 4 N–H and O–H groups in total. The Balaban J connectivity index is 1.84. The molecule has 2 aromatic rings. The van der Waals surface area contributed by atoms with E-state index in [0.717, 1.165) is 12.0 Å². The number of aliphatic hydroxyl groups excluding tert-OH is 1. The lowest BCUT2D eigenvalue weighted by atomic mass is 9.96. The van der Waals surface area contributed by atoms with Crippen LogP contribution in [0.1, 0.15) is 55.6 Å². The molecule has 2 aromatic carbocycles. The second-order valence-electron chi connectivity index (χ2n) is 10.7. The first-order valence-corrected chi connectivity index (χ1v) is 13.9. The van der Waals surface area contributed by atoms with E-state index in [0.29, 0.717) is 18.0 Å². The zero-order chi connectivity index (χ0) is 28.0. The Morgan fingerprint density at radius 3 is 2.45 bits per heavy atom. The van der Waals surface area contributed by atoms with Crippen LogP contribution < -0.4 is 10.6 Å². The molecule has 3 atom stereocenters. The van der Waals surface area contributed by atoms with Gasteiger partial charge in [0.15, 0.2) is 6.10 Å². The SMILES string of the molecule is Cc1c(O)cccc1C(=O)NC(Cc1ccccc1)C(O)C(=O)N1CSC(C)(C)C1C(=O)NCCC(C)C. The minimum atomic E-state index is -1.59. The molecule has 8 nitrogen and oxygen atoms in total. The fraction of sp³-hybridized carbons (Fsp3) is 0.483. The van der Waals surface area contributed by atoms with E-state index in [1.165, 1.54) is 22.7 Å². The van der Waals surface area contributed by atoms with Crippen LogP contribution in [0.15, 0.2) is 48.5 Å². The first kappa shape index (κ1) is 29.5. The summed E-state index contributed by atoms with van der Waals surface area (Å²) in [4.78, 5) is 41.5. The number of hydrogen-bond acceptors (Lipinski definition) is 6. The van der Waals surface area contributed by atoms with Crippen molar-refractivity contribution in [2.24, 2.45) is 5.92 Å². The standard InChI is InChI=1S/C29H39N3O5S/c1-18(2)14-15-30-27(36)25-29(4,5)38-17-32(25)28(37)24(34)22(16-20-10-7-6-8-11-20)31-26(35)21-12-9-13-23(33)19(21)3/h6-13,18,22,24-25,33-34H,14-17H2,1-5H3,(H,30,36)(H,31,35). The van der Waals surface area contributed by atoms with Crippen molar-refractivity contribution in [2.75, 3.05) is 12.4 Å². The Morgan fingerprint density at radius 2 is 1.79 bits per heavy atom. The zero-order valence-electron chi connectivity index (χ0n) is 22.7. The molecule has 38 heavy (non-hydrogen) atoms. The van der Waals surface area contributed by atoms with Crippen molar-refractivity contribution >= 4 is 29.5 Å². The van der Waals surface area contributed by atoms with Crippen LogP contribution in [-0.4, -0.2) is 68.2 Å². The Labute approximate surface area is 229 Å². The van der Waals surface area contributed by atoms with Crippen molar-refractivity contribution in [2.45, 2.75) is 70.4 Å². The molecule has 1 fully saturated rings. The van der Waals surface area contributed by atoms with Crippen LogP contribution in [0.4, 0.5) is 0 Å². The van der Waals surface area contributed by atoms with E-state index in [4.69, 9.17) is 0 Å². The predicted octanol–water partition coefficient (Wildman–Crippen LogP) is 3.25. The summed E-state index contributed by atoms with van der Waals surface area (Å²) in [6.45, 7) is 10.1. The van der Waals surface area contributed by atoms with E-state index >= 15 is 0 Å². The molecule has 0 bridgehead atoms. The van der Waals surface area contributed by atoms with Crippen LogP contribution in [-0.2, 0) is 16.0 Å². The highest BCUT2D eigenvalue weighted by molar-refractivity contribution is 8.00. The highest BCUT2D eigenvalue weighted by Crippen LogP contribution is 2.40. The number of rotatable bonds is 10. The maximum absolute atomic E-state index is 13.7. The molecule has 1 aliphatic heterocycles. The van der Waals surface area contributed by atoms with Gasteiger partial charge in [-0.15, -0.1) is 11.8 Å². The third-order valence-corrected chi connectivity index (χ3v) is 8.27. The molecule has 0 spiro atoms. The van der Waals surface area contributed by atoms with Crippen molar-refractivity contribution < 1.29 is 24.6 Å². The van der Waals surface area contributed by atoms with Gasteiger partial charge in [-0.1, -0.05) is 50.2 Å². The van der Waals surface area contributed by atoms with Gasteiger partial charge in [-0.25, -0.2) is 0 Å². The summed E-state index contributed by atoms with van der Waals surface area (Å²) in [5.41, 5.74) is 1.49. The number of amides is 3. The summed E-state index contributed by atoms with van der Waals surface area (Å²) < 4.78 is -0.547. The molecule has 9 heteroatoms. The van der Waals surface area contributed by atoms with Gasteiger partial charge in [0.05, 0.1) is 11.9 Å². The number of aliphatic hydroxyl groups is 1. The summed E-state index contributed by atoms with van der Waals surface area (Å²) in [5, 5.41) is 27.2. The highest BCUT2D eigenvalue weighted by atomic mass is 32.2. The number of carbonyl (C=O) groups is 3. The monoisotopic (exact) mass is 541 g/mol. The van der Waals surface area contributed by atoms with E-state index in [1.54, 1.807) is 19.1 Å². The normalized spacial score (nSPS) is 18.2. The van der Waals surface area contributed by atoms with Gasteiger partial charge in [-0.05, 0) is 57.2 Å². The van der Waals surface area contributed by atoms with Crippen LogP contribution in [0.25, 0.3) is 0 Å². The largest absolute Gasteiger partial charge is 0.508 e. The predicted molar refractivity (Wildman–Crippen MR) is 150 cm³/mol. The number of thioether (sulfide) groups is 1. The average Bonchev–Trinajstić information content (AvgIpc) is 3.19. The van der Waals surface area contributed by atoms with Crippen molar-refractivity contribution in [3.05, 3.63) is 65.2 Å². The number of phenolic OH excluding ortho intramolecular Hbond substituents is 1. The van der Waals surface area contributed by atoms with Crippen molar-refractivity contribution in [1.29, 1.82) is 0 Å². The van der Waals surface area contributed by atoms with Gasteiger partial charge in [0.2, 0.25) is 5.91 Å². The number of nitrogens with zero attached hydrogens (tertiary/aromatic N) is 1. The first-order chi connectivity index (χ1) is 17.9. The van der Waals surface area contributed by atoms with Gasteiger partial charge in [0.25, 0.3) is 11.8 Å². The van der Waals surface area contributed by atoms with E-state index in [9.17, 15) is 24.6 Å². The summed E-state index contributed by atoms with van der Waals surface area (Å²) in [6, 6.07) is 12.2. The zero-order valence-corrected chi connectivity index (χ0v) is 23.5. The van der Waals surface area contributed by atoms with Crippen molar-refractivity contribution in [3.8, 4) is 5.75 Å². The summed E-state index contributed by atoms with van der Waals surface area (Å²) in [7, 11) is 0. The van der Waals surface area contributed by atoms with Gasteiger partial charge < -0.3 is 25.7 Å². The number of benzene rings is 2. The average molecular weight is 542 g/mol. The minimum absolute atomic E-state index is 0.0171. The van der Waals surface area contributed by atoms with E-state index < -0.39 is 34.7 Å². The van der Waals surface area contributed by atoms with E-state index in [1.807, 2.05) is 44.2 Å². The molecule has 3 rings (SSSR count). The number of aromatic hydroxyl groups is 1. The Kier molecular flexibility index (Phi) is 9.84. The smallest absolute Gasteiger partial charge is 0.254 e. The lowest BCUT2D eigenvalue weighted by molar-refractivity contribution is -0.147. The third kappa shape index (κ3) is 7.08. The molecule has 0 radical (unpaired) electrons. The topological polar surface area (TPSA) is 119 Å². The van der Waals surface area contributed by atoms with E-state index in [-0.39, 0.29) is 29.5 Å². The molecule has 0 saturated carbocycles. The summed E-state index contributed by atoms with van der Waals surface area (Å²) in [5.74, 6) is -0.704. The quantitative estimate of drug-likeness (QED) is 0.367. The molecule has 0 aromatic heterocycles. The molecular formula is C29H39N3O5S. The highest BCUT2D eigenvalue weighted by Gasteiger charge is 2.49. The molecular weight excluding hydrogens is 502 g/mol. The second-order valence-corrected chi connectivity index (χ2v) is 12.3. The molecule has 1 aliphatic rings. The van der Waals surface area contributed by atoms with Gasteiger partial charge in [0.1, 0.15) is 11.8 Å². The van der Waals surface area contributed by atoms with Gasteiger partial charge in [-0.2, -0.15) is 0 Å². The van der Waals surface area contributed by atoms with Crippen LogP contribution in [0, 0.1) is 12.8 Å². The molecule has 1 heterocycles. The van der Waals surface area contributed by atoms with Crippen LogP contribution in [0.3, 0.4) is 0 Å². The summed E-state index contributed by atoms with van der Waals surface area (Å²) in [6.07, 6.45) is -0.563. The van der Waals surface area contributed by atoms with Crippen molar-refractivity contribution in [3.63, 3.8) is 0 Å². The van der Waals surface area contributed by atoms with Gasteiger partial charge in [0, 0.05) is 22.4 Å². The van der Waals surface area contributed by atoms with Gasteiger partial charge in [-0.3, -0.25) is 14.4 Å². The fourth-order valence-corrected chi connectivity index (χ4v) is 5.70. The molecule has 3 amide bonds. The fourth-order valence-electron chi connectivity index (χ4n) is 4.56. The van der Waals surface area contributed by atoms with Gasteiger partial charge >= 0.3 is 0 Å². The van der Waals surface area contributed by atoms with E-state index in [2.05, 4.69) is 24.5 Å². The summed E-state index contributed by atoms with van der Waals surface area (Å²) >= 11 is 1.48. The maximum Gasteiger partial charge on any atom is 0.254 e. The van der Waals surface area contributed by atoms with Crippen LogP contribution >= 0.6 is 11.8 Å². The molecule has 206 valence electrons. The number of nitrogens with one attached hydrogen (secondary N) is 2. The number of phenols is 1. The van der Waals surface area contributed by atoms with Crippen molar-refractivity contribution in [1.82, 2.24) is 15.5 Å². The second kappa shape index (κ2) is 12.7. The first-order valence-electron chi connectivity index (χ1n) is 13.0. The Morgan fingerprint density at radius 1 is 1.11 bits per heavy atom. The third-order valence-electron chi connectivity index (χ3n) is 6.90. The number of carbonyl (C=O) groups excluding carboxylic acids is 3. The minimum Gasteiger partial charge on any atom is -0.508 e. The van der Waals surface area contributed by atoms with Crippen LogP contribution in [0.5, 0.6) is 5.75 Å².